The van der Waals surface area contributed by atoms with Crippen LogP contribution < -0.4 is 11.1 Å². The summed E-state index contributed by atoms with van der Waals surface area (Å²) in [6.45, 7) is 0.987. The highest BCUT2D eigenvalue weighted by molar-refractivity contribution is 6.07. The van der Waals surface area contributed by atoms with Crippen molar-refractivity contribution in [3.8, 4) is 0 Å². The number of amides is 2. The van der Waals surface area contributed by atoms with Crippen LogP contribution in [-0.4, -0.2) is 47.4 Å². The van der Waals surface area contributed by atoms with Gasteiger partial charge in [0, 0.05) is 13.1 Å². The third-order valence-electron chi connectivity index (χ3n) is 3.79. The van der Waals surface area contributed by atoms with Gasteiger partial charge in [0.15, 0.2) is 5.84 Å². The summed E-state index contributed by atoms with van der Waals surface area (Å²) in [6.07, 6.45) is 2.92. The number of hydrogen-bond donors (Lipinski definition) is 3. The molecule has 0 atom stereocenters. The van der Waals surface area contributed by atoms with E-state index in [0.717, 1.165) is 12.8 Å². The van der Waals surface area contributed by atoms with Gasteiger partial charge >= 0.3 is 0 Å². The molecule has 2 aliphatic rings. The van der Waals surface area contributed by atoms with Crippen LogP contribution in [0.25, 0.3) is 0 Å². The van der Waals surface area contributed by atoms with Crippen molar-refractivity contribution >= 4 is 17.6 Å². The zero-order valence-corrected chi connectivity index (χ0v) is 10.2. The van der Waals surface area contributed by atoms with E-state index in [0.29, 0.717) is 25.9 Å². The molecule has 1 aliphatic heterocycles. The summed E-state index contributed by atoms with van der Waals surface area (Å²) in [6, 6.07) is 0. The first-order valence-electron chi connectivity index (χ1n) is 6.14. The Morgan fingerprint density at radius 2 is 2.11 bits per heavy atom. The van der Waals surface area contributed by atoms with Gasteiger partial charge in [0.2, 0.25) is 11.8 Å². The third kappa shape index (κ3) is 2.00. The van der Waals surface area contributed by atoms with E-state index in [9.17, 15) is 9.59 Å². The van der Waals surface area contributed by atoms with E-state index in [-0.39, 0.29) is 24.2 Å². The average molecular weight is 254 g/mol. The summed E-state index contributed by atoms with van der Waals surface area (Å²) < 4.78 is 0. The summed E-state index contributed by atoms with van der Waals surface area (Å²) >= 11 is 0. The van der Waals surface area contributed by atoms with Gasteiger partial charge in [-0.1, -0.05) is 18.0 Å². The normalized spacial score (nSPS) is 23.9. The van der Waals surface area contributed by atoms with Crippen LogP contribution in [0.4, 0.5) is 0 Å². The standard InChI is InChI=1S/C11H18N4O3/c12-9(14-18)11(3-1-2-4-11)10(17)15-6-5-13-8(16)7-15/h18H,1-7H2,(H2,12,14)(H,13,16). The Kier molecular flexibility index (Phi) is 3.40. The molecule has 1 saturated carbocycles. The third-order valence-corrected chi connectivity index (χ3v) is 3.79. The monoisotopic (exact) mass is 254 g/mol. The van der Waals surface area contributed by atoms with Gasteiger partial charge in [0.05, 0.1) is 6.54 Å². The second-order valence-electron chi connectivity index (χ2n) is 4.85. The summed E-state index contributed by atoms with van der Waals surface area (Å²) in [7, 11) is 0. The first-order valence-corrected chi connectivity index (χ1v) is 6.14. The molecule has 0 aromatic carbocycles. The molecule has 100 valence electrons. The second-order valence-corrected chi connectivity index (χ2v) is 4.85. The number of carbonyl (C=O) groups excluding carboxylic acids is 2. The Bertz CT molecular complexity index is 388. The number of oxime groups is 1. The maximum atomic E-state index is 12.5. The van der Waals surface area contributed by atoms with Crippen LogP contribution >= 0.6 is 0 Å². The molecule has 1 saturated heterocycles. The Balaban J connectivity index is 2.21. The van der Waals surface area contributed by atoms with E-state index in [1.807, 2.05) is 0 Å². The molecule has 18 heavy (non-hydrogen) atoms. The molecular weight excluding hydrogens is 236 g/mol. The van der Waals surface area contributed by atoms with Crippen molar-refractivity contribution in [2.45, 2.75) is 25.7 Å². The molecule has 1 heterocycles. The van der Waals surface area contributed by atoms with Gasteiger partial charge in [-0.2, -0.15) is 0 Å². The van der Waals surface area contributed by atoms with Crippen molar-refractivity contribution in [2.75, 3.05) is 19.6 Å². The zero-order valence-electron chi connectivity index (χ0n) is 10.2. The predicted octanol–water partition coefficient (Wildman–Crippen LogP) is -0.748. The molecule has 1 aliphatic carbocycles. The molecular formula is C11H18N4O3. The van der Waals surface area contributed by atoms with Gasteiger partial charge < -0.3 is 21.2 Å². The Labute approximate surface area is 105 Å². The first kappa shape index (κ1) is 12.7. The lowest BCUT2D eigenvalue weighted by Crippen LogP contribution is -2.56. The van der Waals surface area contributed by atoms with Crippen LogP contribution in [0, 0.1) is 5.41 Å². The fraction of sp³-hybridized carbons (Fsp3) is 0.727. The van der Waals surface area contributed by atoms with Crippen LogP contribution in [0.3, 0.4) is 0 Å². The highest BCUT2D eigenvalue weighted by Gasteiger charge is 2.48. The minimum absolute atomic E-state index is 0.0315. The van der Waals surface area contributed by atoms with Gasteiger partial charge in [-0.05, 0) is 12.8 Å². The Hall–Kier alpha value is -1.79. The van der Waals surface area contributed by atoms with Gasteiger partial charge in [0.1, 0.15) is 5.41 Å². The molecule has 0 aromatic heterocycles. The van der Waals surface area contributed by atoms with Crippen LogP contribution in [0.15, 0.2) is 5.16 Å². The first-order chi connectivity index (χ1) is 8.60. The Morgan fingerprint density at radius 1 is 1.44 bits per heavy atom. The largest absolute Gasteiger partial charge is 0.409 e. The van der Waals surface area contributed by atoms with Crippen molar-refractivity contribution < 1.29 is 14.8 Å². The van der Waals surface area contributed by atoms with Crippen LogP contribution in [0.1, 0.15) is 25.7 Å². The maximum Gasteiger partial charge on any atom is 0.239 e. The molecule has 0 spiro atoms. The number of nitrogens with two attached hydrogens (primary N) is 1. The molecule has 4 N–H and O–H groups in total. The predicted molar refractivity (Wildman–Crippen MR) is 63.9 cm³/mol. The lowest BCUT2D eigenvalue weighted by Gasteiger charge is -2.35. The van der Waals surface area contributed by atoms with E-state index in [4.69, 9.17) is 10.9 Å². The van der Waals surface area contributed by atoms with Gasteiger partial charge in [-0.25, -0.2) is 0 Å². The average Bonchev–Trinajstić information content (AvgIpc) is 2.87. The quantitative estimate of drug-likeness (QED) is 0.261. The smallest absolute Gasteiger partial charge is 0.239 e. The molecule has 2 amide bonds. The number of nitrogens with zero attached hydrogens (tertiary/aromatic N) is 2. The van der Waals surface area contributed by atoms with Crippen molar-refractivity contribution in [1.82, 2.24) is 10.2 Å². The minimum Gasteiger partial charge on any atom is -0.409 e. The molecule has 0 aromatic rings. The maximum absolute atomic E-state index is 12.5. The molecule has 0 unspecified atom stereocenters. The fourth-order valence-electron chi connectivity index (χ4n) is 2.77. The SMILES string of the molecule is NC(=NO)C1(C(=O)N2CCNC(=O)C2)CCCC1. The van der Waals surface area contributed by atoms with Gasteiger partial charge in [0.25, 0.3) is 0 Å². The number of nitrogens with one attached hydrogen (secondary N) is 1. The fourth-order valence-corrected chi connectivity index (χ4v) is 2.77. The highest BCUT2D eigenvalue weighted by Crippen LogP contribution is 2.40. The Morgan fingerprint density at radius 3 is 2.67 bits per heavy atom. The summed E-state index contributed by atoms with van der Waals surface area (Å²) in [5.41, 5.74) is 4.80. The lowest BCUT2D eigenvalue weighted by atomic mass is 9.83. The van der Waals surface area contributed by atoms with Gasteiger partial charge in [-0.3, -0.25) is 9.59 Å². The molecule has 2 fully saturated rings. The van der Waals surface area contributed by atoms with E-state index < -0.39 is 5.41 Å². The van der Waals surface area contributed by atoms with Crippen LogP contribution in [0.5, 0.6) is 0 Å². The minimum atomic E-state index is -0.910. The van der Waals surface area contributed by atoms with Crippen LogP contribution in [0.2, 0.25) is 0 Å². The number of rotatable bonds is 2. The van der Waals surface area contributed by atoms with E-state index in [1.165, 1.54) is 4.90 Å². The van der Waals surface area contributed by atoms with E-state index in [2.05, 4.69) is 10.5 Å². The number of hydrogen-bond acceptors (Lipinski definition) is 4. The van der Waals surface area contributed by atoms with Crippen molar-refractivity contribution in [3.05, 3.63) is 0 Å². The molecule has 0 radical (unpaired) electrons. The summed E-state index contributed by atoms with van der Waals surface area (Å²) in [4.78, 5) is 25.4. The topological polar surface area (TPSA) is 108 Å². The number of carbonyl (C=O) groups is 2. The van der Waals surface area contributed by atoms with Crippen molar-refractivity contribution in [2.24, 2.45) is 16.3 Å². The van der Waals surface area contributed by atoms with E-state index in [1.54, 1.807) is 0 Å². The number of amidine groups is 1. The lowest BCUT2D eigenvalue weighted by molar-refractivity contribution is -0.143. The summed E-state index contributed by atoms with van der Waals surface area (Å²) in [5, 5.41) is 14.6. The number of piperazine rings is 1. The van der Waals surface area contributed by atoms with Crippen molar-refractivity contribution in [3.63, 3.8) is 0 Å². The van der Waals surface area contributed by atoms with E-state index >= 15 is 0 Å². The molecule has 7 nitrogen and oxygen atoms in total. The second kappa shape index (κ2) is 4.83. The molecule has 0 bridgehead atoms. The summed E-state index contributed by atoms with van der Waals surface area (Å²) in [5.74, 6) is -0.386. The zero-order chi connectivity index (χ0) is 13.2. The molecule has 2 rings (SSSR count). The van der Waals surface area contributed by atoms with Crippen molar-refractivity contribution in [1.29, 1.82) is 0 Å². The van der Waals surface area contributed by atoms with Gasteiger partial charge in [-0.15, -0.1) is 0 Å². The van der Waals surface area contributed by atoms with Crippen LogP contribution in [-0.2, 0) is 9.59 Å². The highest BCUT2D eigenvalue weighted by atomic mass is 16.4. The molecule has 7 heteroatoms.